The second-order valence-electron chi connectivity index (χ2n) is 6.14. The second kappa shape index (κ2) is 6.51. The molecule has 0 aliphatic rings. The third kappa shape index (κ3) is 2.86. The molecule has 0 atom stereocenters. The van der Waals surface area contributed by atoms with Gasteiger partial charge in [-0.15, -0.1) is 0 Å². The van der Waals surface area contributed by atoms with Gasteiger partial charge in [0.05, 0.1) is 11.4 Å². The maximum atomic E-state index is 14.5. The zero-order valence-corrected chi connectivity index (χ0v) is 14.4. The van der Waals surface area contributed by atoms with E-state index in [0.29, 0.717) is 28.7 Å². The van der Waals surface area contributed by atoms with E-state index in [1.165, 1.54) is 4.52 Å². The molecule has 0 aliphatic heterocycles. The van der Waals surface area contributed by atoms with Crippen LogP contribution in [0.15, 0.2) is 48.5 Å². The molecule has 0 radical (unpaired) electrons. The number of hydrogen-bond donors (Lipinski definition) is 1. The Morgan fingerprint density at radius 2 is 1.67 bits per heavy atom. The van der Waals surface area contributed by atoms with E-state index < -0.39 is 17.5 Å². The normalized spacial score (nSPS) is 11.3. The van der Waals surface area contributed by atoms with Gasteiger partial charge in [-0.25, -0.2) is 22.7 Å². The van der Waals surface area contributed by atoms with Gasteiger partial charge >= 0.3 is 0 Å². The third-order valence-electron chi connectivity index (χ3n) is 4.45. The molecule has 0 fully saturated rings. The smallest absolute Gasteiger partial charge is 0.161 e. The van der Waals surface area contributed by atoms with E-state index in [1.807, 2.05) is 30.3 Å². The van der Waals surface area contributed by atoms with Gasteiger partial charge in [-0.3, -0.25) is 0 Å². The van der Waals surface area contributed by atoms with Gasteiger partial charge in [0.15, 0.2) is 17.3 Å². The Morgan fingerprint density at radius 3 is 2.37 bits per heavy atom. The first-order valence-electron chi connectivity index (χ1n) is 8.29. The monoisotopic (exact) mass is 368 g/mol. The molecule has 136 valence electrons. The number of rotatable bonds is 3. The molecule has 2 aromatic heterocycles. The quantitative estimate of drug-likeness (QED) is 0.550. The van der Waals surface area contributed by atoms with E-state index in [4.69, 9.17) is 5.73 Å². The maximum Gasteiger partial charge on any atom is 0.161 e. The molecule has 27 heavy (non-hydrogen) atoms. The molecule has 2 N–H and O–H groups in total. The first-order chi connectivity index (χ1) is 13.0. The van der Waals surface area contributed by atoms with Gasteiger partial charge in [0.25, 0.3) is 0 Å². The lowest BCUT2D eigenvalue weighted by atomic mass is 10.0. The molecule has 0 saturated heterocycles. The van der Waals surface area contributed by atoms with E-state index in [2.05, 4.69) is 10.1 Å². The lowest BCUT2D eigenvalue weighted by Gasteiger charge is -2.14. The highest BCUT2D eigenvalue weighted by Crippen LogP contribution is 2.31. The summed E-state index contributed by atoms with van der Waals surface area (Å²) in [6.07, 6.45) is 0. The molecule has 0 spiro atoms. The molecule has 4 rings (SSSR count). The minimum Gasteiger partial charge on any atom is -0.326 e. The van der Waals surface area contributed by atoms with E-state index in [9.17, 15) is 13.2 Å². The lowest BCUT2D eigenvalue weighted by molar-refractivity contribution is 0.496. The van der Waals surface area contributed by atoms with Crippen molar-refractivity contribution >= 4 is 5.65 Å². The highest BCUT2D eigenvalue weighted by molar-refractivity contribution is 5.71. The topological polar surface area (TPSA) is 56.2 Å². The number of benzene rings is 2. The highest BCUT2D eigenvalue weighted by atomic mass is 19.2. The van der Waals surface area contributed by atoms with Crippen LogP contribution >= 0.6 is 0 Å². The molecule has 0 bridgehead atoms. The van der Waals surface area contributed by atoms with Crippen LogP contribution in [0.3, 0.4) is 0 Å². The first kappa shape index (κ1) is 17.2. The van der Waals surface area contributed by atoms with Gasteiger partial charge in [0.2, 0.25) is 0 Å². The number of aryl methyl sites for hydroxylation is 1. The maximum absolute atomic E-state index is 14.5. The van der Waals surface area contributed by atoms with Crippen molar-refractivity contribution in [1.29, 1.82) is 0 Å². The Morgan fingerprint density at radius 1 is 0.963 bits per heavy atom. The number of fused-ring (bicyclic) bond motifs is 1. The standard InChI is InChI=1S/C20H15F3N4/c1-11-14(10-24)20(13-7-16(22)17(23)8-15(13)21)27-19(25-11)9-18(26-27)12-5-3-2-4-6-12/h2-9H,10,24H2,1H3. The van der Waals surface area contributed by atoms with Crippen molar-refractivity contribution in [3.8, 4) is 22.5 Å². The summed E-state index contributed by atoms with van der Waals surface area (Å²) in [6.45, 7) is 1.78. The van der Waals surface area contributed by atoms with Crippen molar-refractivity contribution in [1.82, 2.24) is 14.6 Å². The van der Waals surface area contributed by atoms with E-state index in [0.717, 1.165) is 11.6 Å². The molecule has 0 unspecified atom stereocenters. The van der Waals surface area contributed by atoms with Gasteiger partial charge in [0.1, 0.15) is 5.82 Å². The predicted octanol–water partition coefficient (Wildman–Crippen LogP) is 4.25. The number of nitrogens with two attached hydrogens (primary N) is 1. The van der Waals surface area contributed by atoms with Crippen molar-refractivity contribution in [2.45, 2.75) is 13.5 Å². The molecule has 0 aliphatic carbocycles. The minimum absolute atomic E-state index is 0.0447. The molecule has 0 amide bonds. The van der Waals surface area contributed by atoms with Gasteiger partial charge in [0, 0.05) is 41.1 Å². The Kier molecular flexibility index (Phi) is 4.16. The molecule has 2 heterocycles. The van der Waals surface area contributed by atoms with Gasteiger partial charge in [-0.2, -0.15) is 5.10 Å². The van der Waals surface area contributed by atoms with E-state index >= 15 is 0 Å². The average Bonchev–Trinajstić information content (AvgIpc) is 3.08. The fourth-order valence-electron chi connectivity index (χ4n) is 3.13. The Hall–Kier alpha value is -3.19. The van der Waals surface area contributed by atoms with Crippen LogP contribution in [-0.4, -0.2) is 14.6 Å². The van der Waals surface area contributed by atoms with Crippen molar-refractivity contribution in [2.24, 2.45) is 5.73 Å². The van der Waals surface area contributed by atoms with Crippen LogP contribution in [0, 0.1) is 24.4 Å². The fraction of sp³-hybridized carbons (Fsp3) is 0.100. The number of hydrogen-bond acceptors (Lipinski definition) is 3. The Bertz CT molecular complexity index is 1150. The summed E-state index contributed by atoms with van der Waals surface area (Å²) < 4.78 is 43.2. The molecular weight excluding hydrogens is 353 g/mol. The summed E-state index contributed by atoms with van der Waals surface area (Å²) in [5, 5.41) is 4.52. The fourth-order valence-corrected chi connectivity index (χ4v) is 3.13. The minimum atomic E-state index is -1.25. The van der Waals surface area contributed by atoms with Crippen LogP contribution in [0.25, 0.3) is 28.2 Å². The van der Waals surface area contributed by atoms with Crippen LogP contribution in [0.1, 0.15) is 11.3 Å². The van der Waals surface area contributed by atoms with Gasteiger partial charge in [-0.1, -0.05) is 30.3 Å². The molecule has 2 aromatic carbocycles. The Balaban J connectivity index is 2.06. The zero-order valence-electron chi connectivity index (χ0n) is 14.4. The van der Waals surface area contributed by atoms with E-state index in [1.54, 1.807) is 13.0 Å². The van der Waals surface area contributed by atoms with Gasteiger partial charge in [-0.05, 0) is 13.0 Å². The van der Waals surface area contributed by atoms with E-state index in [-0.39, 0.29) is 17.8 Å². The zero-order chi connectivity index (χ0) is 19.1. The average molecular weight is 368 g/mol. The summed E-state index contributed by atoms with van der Waals surface area (Å²) in [7, 11) is 0. The SMILES string of the molecule is Cc1nc2cc(-c3ccccc3)nn2c(-c2cc(F)c(F)cc2F)c1CN. The molecule has 0 saturated carbocycles. The number of halogens is 3. The van der Waals surface area contributed by atoms with Crippen molar-refractivity contribution < 1.29 is 13.2 Å². The summed E-state index contributed by atoms with van der Waals surface area (Å²) in [6, 6.07) is 12.5. The van der Waals surface area contributed by atoms with Crippen LogP contribution in [0.2, 0.25) is 0 Å². The van der Waals surface area contributed by atoms with Crippen LogP contribution in [-0.2, 0) is 6.54 Å². The molecule has 4 nitrogen and oxygen atoms in total. The van der Waals surface area contributed by atoms with Crippen molar-refractivity contribution in [2.75, 3.05) is 0 Å². The summed E-state index contributed by atoms with van der Waals surface area (Å²) >= 11 is 0. The molecule has 7 heteroatoms. The third-order valence-corrected chi connectivity index (χ3v) is 4.45. The second-order valence-corrected chi connectivity index (χ2v) is 6.14. The highest BCUT2D eigenvalue weighted by Gasteiger charge is 2.21. The van der Waals surface area contributed by atoms with Crippen molar-refractivity contribution in [3.63, 3.8) is 0 Å². The van der Waals surface area contributed by atoms with Crippen molar-refractivity contribution in [3.05, 3.63) is 77.2 Å². The number of aromatic nitrogens is 3. The summed E-state index contributed by atoms with van der Waals surface area (Å²) in [4.78, 5) is 4.48. The first-order valence-corrected chi connectivity index (χ1v) is 8.29. The van der Waals surface area contributed by atoms with Crippen LogP contribution < -0.4 is 5.73 Å². The summed E-state index contributed by atoms with van der Waals surface area (Å²) in [5.41, 5.74) is 9.01. The molecule has 4 aromatic rings. The molecular formula is C20H15F3N4. The largest absolute Gasteiger partial charge is 0.326 e. The predicted molar refractivity (Wildman–Crippen MR) is 96.4 cm³/mol. The van der Waals surface area contributed by atoms with Crippen LogP contribution in [0.5, 0.6) is 0 Å². The number of nitrogens with zero attached hydrogens (tertiary/aromatic N) is 3. The van der Waals surface area contributed by atoms with Gasteiger partial charge < -0.3 is 5.73 Å². The van der Waals surface area contributed by atoms with Crippen LogP contribution in [0.4, 0.5) is 13.2 Å². The lowest BCUT2D eigenvalue weighted by Crippen LogP contribution is -2.10. The summed E-state index contributed by atoms with van der Waals surface area (Å²) in [5.74, 6) is -3.29. The Labute approximate surface area is 153 Å².